The molecule has 68 valence electrons. The molecule has 0 unspecified atom stereocenters. The van der Waals surface area contributed by atoms with E-state index in [0.29, 0.717) is 0 Å². The summed E-state index contributed by atoms with van der Waals surface area (Å²) in [5, 5.41) is 2.28. The Labute approximate surface area is 352 Å². The Morgan fingerprint density at radius 2 is 0.812 bits per heavy atom. The molecular formula is C4H9NOY10-2. The van der Waals surface area contributed by atoms with Gasteiger partial charge in [0, 0.05) is 334 Å². The van der Waals surface area contributed by atoms with Gasteiger partial charge in [-0.3, -0.25) is 0 Å². The van der Waals surface area contributed by atoms with Gasteiger partial charge in [0.2, 0.25) is 0 Å². The van der Waals surface area contributed by atoms with Crippen LogP contribution in [0.15, 0.2) is 0 Å². The van der Waals surface area contributed by atoms with Gasteiger partial charge in [0.05, 0.1) is 5.91 Å². The molecule has 0 fully saturated rings. The molecule has 12 heteroatoms. The summed E-state index contributed by atoms with van der Waals surface area (Å²) >= 11 is 0. The molecular weight excluding hydrogens is 967 g/mol. The van der Waals surface area contributed by atoms with Crippen LogP contribution in [0.4, 0.5) is 0 Å². The molecule has 10 radical (unpaired) electrons. The molecule has 0 aliphatic carbocycles. The van der Waals surface area contributed by atoms with Crippen LogP contribution in [0.1, 0.15) is 0 Å². The maximum absolute atomic E-state index is 9.59. The van der Waals surface area contributed by atoms with Crippen LogP contribution >= 0.6 is 0 Å². The van der Waals surface area contributed by atoms with E-state index in [1.54, 1.807) is 0 Å². The number of nitrogens with one attached hydrogen (secondary N) is 1. The molecule has 0 aromatic rings. The standard InChI is InChI=1S/C3H6NO.CH3.10Y/c1-3(5)4-2;;;;;;;;;;;/h1H2,2H3,(H,4,5);1H3;;;;;;;;;;/q2*-1;;;;;;;;;;. The van der Waals surface area contributed by atoms with Gasteiger partial charge in [-0.05, 0) is 0 Å². The first kappa shape index (κ1) is 82.2. The number of rotatable bonds is 0. The van der Waals surface area contributed by atoms with Crippen molar-refractivity contribution in [3.05, 3.63) is 14.4 Å². The van der Waals surface area contributed by atoms with E-state index in [-0.39, 0.29) is 340 Å². The predicted molar refractivity (Wildman–Crippen MR) is 25.8 cm³/mol. The number of hydrogen-bond donors (Lipinski definition) is 1. The van der Waals surface area contributed by atoms with Crippen molar-refractivity contribution in [1.29, 1.82) is 0 Å². The molecule has 1 N–H and O–H groups in total. The molecule has 0 atom stereocenters. The van der Waals surface area contributed by atoms with Crippen LogP contribution in [0.2, 0.25) is 0 Å². The Morgan fingerprint density at radius 3 is 0.812 bits per heavy atom. The first-order chi connectivity index (χ1) is 2.27. The SMILES string of the molecule is [CH2-]C(=O)NC.[CH3-].[Y].[Y].[Y].[Y].[Y].[Y].[Y].[Y].[Y].[Y]. The summed E-state index contributed by atoms with van der Waals surface area (Å²) in [5.41, 5.74) is 0. The molecule has 0 heterocycles. The predicted octanol–water partition coefficient (Wildman–Crippen LogP) is -0.00822. The van der Waals surface area contributed by atoms with Crippen LogP contribution in [0.25, 0.3) is 0 Å². The summed E-state index contributed by atoms with van der Waals surface area (Å²) in [6.45, 7) is 3.01. The molecule has 0 aliphatic heterocycles. The Morgan fingerprint density at radius 1 is 0.750 bits per heavy atom. The van der Waals surface area contributed by atoms with Gasteiger partial charge in [-0.2, -0.15) is 0 Å². The molecule has 1 amide bonds. The second-order valence-corrected chi connectivity index (χ2v) is 0.673. The molecule has 0 spiro atoms. The topological polar surface area (TPSA) is 29.1 Å². The normalized spacial score (nSPS) is 2.06. The molecule has 0 aromatic carbocycles. The third-order valence-corrected chi connectivity index (χ3v) is 0.279. The Bertz CT molecular complexity index is 58.1. The minimum Gasteiger partial charge on any atom is -0.384 e. The molecule has 0 saturated carbocycles. The molecule has 0 aromatic heterocycles. The maximum Gasteiger partial charge on any atom is 0.0794 e. The van der Waals surface area contributed by atoms with Crippen molar-refractivity contribution in [3.8, 4) is 0 Å². The van der Waals surface area contributed by atoms with Crippen molar-refractivity contribution in [2.75, 3.05) is 7.05 Å². The van der Waals surface area contributed by atoms with E-state index >= 15 is 0 Å². The summed E-state index contributed by atoms with van der Waals surface area (Å²) in [6.07, 6.45) is 0. The fourth-order valence-corrected chi connectivity index (χ4v) is 0. The van der Waals surface area contributed by atoms with Crippen molar-refractivity contribution >= 4 is 5.91 Å². The second kappa shape index (κ2) is 73.0. The van der Waals surface area contributed by atoms with Crippen LogP contribution in [0, 0.1) is 14.4 Å². The van der Waals surface area contributed by atoms with E-state index in [2.05, 4.69) is 12.2 Å². The van der Waals surface area contributed by atoms with Crippen LogP contribution in [0.3, 0.4) is 0 Å². The maximum atomic E-state index is 9.59. The molecule has 16 heavy (non-hydrogen) atoms. The molecule has 0 saturated heterocycles. The zero-order chi connectivity index (χ0) is 4.28. The monoisotopic (exact) mass is 976 g/mol. The van der Waals surface area contributed by atoms with Gasteiger partial charge in [-0.1, -0.05) is 0 Å². The van der Waals surface area contributed by atoms with Gasteiger partial charge in [0.25, 0.3) is 0 Å². The number of carbonyl (C=O) groups excluding carboxylic acids is 1. The molecule has 0 rings (SSSR count). The zero-order valence-corrected chi connectivity index (χ0v) is 38.3. The van der Waals surface area contributed by atoms with Crippen LogP contribution in [0.5, 0.6) is 0 Å². The van der Waals surface area contributed by atoms with E-state index in [0.717, 1.165) is 0 Å². The quantitative estimate of drug-likeness (QED) is 0.341. The number of carbonyl (C=O) groups is 1. The van der Waals surface area contributed by atoms with Gasteiger partial charge in [-0.15, -0.1) is 0 Å². The minimum atomic E-state index is -0.245. The van der Waals surface area contributed by atoms with Crippen LogP contribution in [-0.4, -0.2) is 13.0 Å². The Balaban J connectivity index is -0.00000000145. The van der Waals surface area contributed by atoms with E-state index in [1.807, 2.05) is 0 Å². The summed E-state index contributed by atoms with van der Waals surface area (Å²) in [4.78, 5) is 9.59. The minimum absolute atomic E-state index is 0. The summed E-state index contributed by atoms with van der Waals surface area (Å²) in [6, 6.07) is 0. The third-order valence-electron chi connectivity index (χ3n) is 0.279. The summed E-state index contributed by atoms with van der Waals surface area (Å²) < 4.78 is 0. The van der Waals surface area contributed by atoms with Crippen molar-refractivity contribution in [3.63, 3.8) is 0 Å². The van der Waals surface area contributed by atoms with Gasteiger partial charge in [-0.25, -0.2) is 0 Å². The fourth-order valence-electron chi connectivity index (χ4n) is 0. The van der Waals surface area contributed by atoms with Crippen LogP contribution in [-0.2, 0) is 332 Å². The summed E-state index contributed by atoms with van der Waals surface area (Å²) in [5.74, 6) is -0.245. The first-order valence-corrected chi connectivity index (χ1v) is 1.31. The first-order valence-electron chi connectivity index (χ1n) is 1.31. The zero-order valence-electron chi connectivity index (χ0n) is 9.89. The van der Waals surface area contributed by atoms with Gasteiger partial charge in [0.15, 0.2) is 0 Å². The van der Waals surface area contributed by atoms with Crippen LogP contribution < -0.4 is 5.32 Å². The fraction of sp³-hybridized carbons (Fsp3) is 0.250. The van der Waals surface area contributed by atoms with Gasteiger partial charge >= 0.3 is 0 Å². The van der Waals surface area contributed by atoms with E-state index in [9.17, 15) is 4.79 Å². The van der Waals surface area contributed by atoms with E-state index in [4.69, 9.17) is 0 Å². The Hall–Kier alpha value is 10.4. The summed E-state index contributed by atoms with van der Waals surface area (Å²) in [7, 11) is 1.54. The largest absolute Gasteiger partial charge is 0.384 e. The molecule has 0 aliphatic rings. The van der Waals surface area contributed by atoms with Gasteiger partial charge in [0.1, 0.15) is 0 Å². The molecule has 2 nitrogen and oxygen atoms in total. The van der Waals surface area contributed by atoms with E-state index in [1.165, 1.54) is 7.05 Å². The number of hydrogen-bond acceptors (Lipinski definition) is 1. The van der Waals surface area contributed by atoms with Crippen molar-refractivity contribution in [2.45, 2.75) is 0 Å². The average Bonchev–Trinajstić information content (AvgIpc) is 1.38. The second-order valence-electron chi connectivity index (χ2n) is 0.673. The van der Waals surface area contributed by atoms with Crippen molar-refractivity contribution in [1.82, 2.24) is 5.32 Å². The smallest absolute Gasteiger partial charge is 0.0794 e. The van der Waals surface area contributed by atoms with Crippen molar-refractivity contribution in [2.24, 2.45) is 0 Å². The van der Waals surface area contributed by atoms with Crippen molar-refractivity contribution < 1.29 is 332 Å². The number of amides is 1. The van der Waals surface area contributed by atoms with E-state index < -0.39 is 0 Å². The molecule has 0 bridgehead atoms. The van der Waals surface area contributed by atoms with Gasteiger partial charge < -0.3 is 24.5 Å². The Kier molecular flexibility index (Phi) is 375. The average molecular weight is 976 g/mol. The third kappa shape index (κ3) is 87.0.